The van der Waals surface area contributed by atoms with E-state index in [1.165, 1.54) is 6.07 Å². The largest absolute Gasteiger partial charge is 0.507 e. The van der Waals surface area contributed by atoms with Crippen LogP contribution in [0.25, 0.3) is 5.76 Å². The molecular weight excluding hydrogens is 452 g/mol. The molecule has 4 rings (SSSR count). The van der Waals surface area contributed by atoms with E-state index in [-0.39, 0.29) is 17.0 Å². The van der Waals surface area contributed by atoms with E-state index in [4.69, 9.17) is 4.74 Å². The van der Waals surface area contributed by atoms with Crippen LogP contribution in [0.1, 0.15) is 36.6 Å². The normalized spacial score (nSPS) is 17.3. The van der Waals surface area contributed by atoms with Gasteiger partial charge in [0.05, 0.1) is 18.2 Å². The van der Waals surface area contributed by atoms with E-state index < -0.39 is 29.4 Å². The van der Waals surface area contributed by atoms with Crippen LogP contribution in [0.5, 0.6) is 5.75 Å². The van der Waals surface area contributed by atoms with Crippen LogP contribution in [0.3, 0.4) is 0 Å². The lowest BCUT2D eigenvalue weighted by Crippen LogP contribution is -2.29. The van der Waals surface area contributed by atoms with E-state index in [9.17, 15) is 23.5 Å². The van der Waals surface area contributed by atoms with Crippen LogP contribution in [0.15, 0.2) is 72.3 Å². The quantitative estimate of drug-likeness (QED) is 0.271. The summed E-state index contributed by atoms with van der Waals surface area (Å²) in [7, 11) is 0. The second-order valence-electron chi connectivity index (χ2n) is 8.91. The molecule has 1 N–H and O–H groups in total. The topological polar surface area (TPSA) is 66.8 Å². The highest BCUT2D eigenvalue weighted by molar-refractivity contribution is 6.51. The average molecular weight is 478 g/mol. The molecule has 0 spiro atoms. The number of hydrogen-bond donors (Lipinski definition) is 1. The molecule has 5 nitrogen and oxygen atoms in total. The third kappa shape index (κ3) is 4.80. The number of ether oxygens (including phenoxy) is 1. The number of aliphatic hydroxyl groups excluding tert-OH is 1. The van der Waals surface area contributed by atoms with Crippen molar-refractivity contribution in [2.75, 3.05) is 11.5 Å². The van der Waals surface area contributed by atoms with Gasteiger partial charge in [-0.2, -0.15) is 0 Å². The van der Waals surface area contributed by atoms with Gasteiger partial charge < -0.3 is 9.84 Å². The first-order valence-corrected chi connectivity index (χ1v) is 11.2. The third-order valence-electron chi connectivity index (χ3n) is 5.69. The molecular formula is C28H25F2NO4. The highest BCUT2D eigenvalue weighted by Gasteiger charge is 2.47. The van der Waals surface area contributed by atoms with Crippen LogP contribution in [-0.2, 0) is 9.59 Å². The van der Waals surface area contributed by atoms with Gasteiger partial charge in [0.1, 0.15) is 11.5 Å². The zero-order valence-corrected chi connectivity index (χ0v) is 19.6. The molecule has 1 heterocycles. The highest BCUT2D eigenvalue weighted by atomic mass is 19.2. The van der Waals surface area contributed by atoms with Crippen molar-refractivity contribution in [1.82, 2.24) is 0 Å². The summed E-state index contributed by atoms with van der Waals surface area (Å²) in [6, 6.07) is 15.6. The second kappa shape index (κ2) is 9.70. The highest BCUT2D eigenvalue weighted by Crippen LogP contribution is 2.42. The number of aliphatic hydroxyl groups is 1. The van der Waals surface area contributed by atoms with Gasteiger partial charge in [-0.3, -0.25) is 14.5 Å². The molecule has 1 unspecified atom stereocenters. The lowest BCUT2D eigenvalue weighted by atomic mass is 9.94. The van der Waals surface area contributed by atoms with E-state index in [0.717, 1.165) is 22.6 Å². The number of aryl methyl sites for hydroxylation is 1. The number of nitrogens with zero attached hydrogens (tertiary/aromatic N) is 1. The van der Waals surface area contributed by atoms with Crippen molar-refractivity contribution in [1.29, 1.82) is 0 Å². The summed E-state index contributed by atoms with van der Waals surface area (Å²) in [6.45, 7) is 6.43. The summed E-state index contributed by atoms with van der Waals surface area (Å²) in [5.41, 5.74) is 1.61. The van der Waals surface area contributed by atoms with Crippen LogP contribution in [0, 0.1) is 24.5 Å². The number of benzene rings is 3. The first-order valence-electron chi connectivity index (χ1n) is 11.2. The van der Waals surface area contributed by atoms with E-state index in [1.807, 2.05) is 26.8 Å². The molecule has 3 aromatic rings. The van der Waals surface area contributed by atoms with Gasteiger partial charge in [-0.05, 0) is 54.8 Å². The minimum Gasteiger partial charge on any atom is -0.507 e. The number of Topliss-reactive ketones (excluding diaryl/α,β-unsaturated/α-hetero) is 1. The fraction of sp³-hybridized carbons (Fsp3) is 0.214. The maximum atomic E-state index is 14.1. The van der Waals surface area contributed by atoms with Crippen molar-refractivity contribution >= 4 is 23.1 Å². The second-order valence-corrected chi connectivity index (χ2v) is 8.91. The van der Waals surface area contributed by atoms with E-state index in [2.05, 4.69) is 0 Å². The van der Waals surface area contributed by atoms with Gasteiger partial charge in [-0.25, -0.2) is 8.78 Å². The van der Waals surface area contributed by atoms with E-state index >= 15 is 0 Å². The van der Waals surface area contributed by atoms with Crippen LogP contribution >= 0.6 is 0 Å². The van der Waals surface area contributed by atoms with Crippen LogP contribution in [0.4, 0.5) is 14.5 Å². The van der Waals surface area contributed by atoms with Gasteiger partial charge in [-0.1, -0.05) is 43.7 Å². The van der Waals surface area contributed by atoms with Gasteiger partial charge in [0.2, 0.25) is 0 Å². The Bertz CT molecular complexity index is 1310. The van der Waals surface area contributed by atoms with Gasteiger partial charge in [0.25, 0.3) is 11.7 Å². The lowest BCUT2D eigenvalue weighted by Gasteiger charge is -2.25. The summed E-state index contributed by atoms with van der Waals surface area (Å²) < 4.78 is 33.3. The summed E-state index contributed by atoms with van der Waals surface area (Å²) in [4.78, 5) is 27.4. The zero-order valence-electron chi connectivity index (χ0n) is 19.6. The molecule has 35 heavy (non-hydrogen) atoms. The molecule has 0 bridgehead atoms. The monoisotopic (exact) mass is 477 g/mol. The molecule has 1 fully saturated rings. The Hall–Kier alpha value is -4.00. The predicted molar refractivity (Wildman–Crippen MR) is 129 cm³/mol. The Morgan fingerprint density at radius 1 is 1.00 bits per heavy atom. The van der Waals surface area contributed by atoms with E-state index in [1.54, 1.807) is 42.5 Å². The molecule has 0 saturated carbocycles. The molecule has 1 aliphatic heterocycles. The van der Waals surface area contributed by atoms with Crippen molar-refractivity contribution in [3.05, 3.63) is 101 Å². The third-order valence-corrected chi connectivity index (χ3v) is 5.69. The van der Waals surface area contributed by atoms with Crippen LogP contribution in [0.2, 0.25) is 0 Å². The smallest absolute Gasteiger partial charge is 0.300 e. The van der Waals surface area contributed by atoms with Crippen molar-refractivity contribution in [3.63, 3.8) is 0 Å². The number of carbonyl (C=O) groups excluding carboxylic acids is 2. The summed E-state index contributed by atoms with van der Waals surface area (Å²) in [5.74, 6) is -3.51. The maximum absolute atomic E-state index is 14.1. The Balaban J connectivity index is 1.84. The minimum atomic E-state index is -1.15. The number of anilines is 1. The number of amides is 1. The molecule has 1 aliphatic rings. The zero-order chi connectivity index (χ0) is 25.3. The molecule has 0 aliphatic carbocycles. The SMILES string of the molecule is Cc1cccc(C2/C(=C(\O)c3ccc(OCC(C)C)cc3)C(=O)C(=O)N2c2ccc(F)c(F)c2)c1. The molecule has 7 heteroatoms. The number of carbonyl (C=O) groups is 2. The van der Waals surface area contributed by atoms with E-state index in [0.29, 0.717) is 29.4 Å². The molecule has 0 aromatic heterocycles. The fourth-order valence-corrected chi connectivity index (χ4v) is 4.02. The first-order chi connectivity index (χ1) is 16.7. The molecule has 1 saturated heterocycles. The molecule has 0 radical (unpaired) electrons. The van der Waals surface area contributed by atoms with Gasteiger partial charge in [0, 0.05) is 17.3 Å². The summed E-state index contributed by atoms with van der Waals surface area (Å²) in [5, 5.41) is 11.2. The number of rotatable bonds is 6. The van der Waals surface area contributed by atoms with Crippen LogP contribution < -0.4 is 9.64 Å². The van der Waals surface area contributed by atoms with Crippen molar-refractivity contribution < 1.29 is 28.2 Å². The number of halogens is 2. The fourth-order valence-electron chi connectivity index (χ4n) is 4.02. The molecule has 180 valence electrons. The number of ketones is 1. The Kier molecular flexibility index (Phi) is 6.69. The Labute approximate surface area is 202 Å². The van der Waals surface area contributed by atoms with Crippen molar-refractivity contribution in [2.24, 2.45) is 5.92 Å². The summed E-state index contributed by atoms with van der Waals surface area (Å²) in [6.07, 6.45) is 0. The Morgan fingerprint density at radius 2 is 1.71 bits per heavy atom. The molecule has 3 aromatic carbocycles. The molecule has 1 atom stereocenters. The predicted octanol–water partition coefficient (Wildman–Crippen LogP) is 5.93. The van der Waals surface area contributed by atoms with Gasteiger partial charge >= 0.3 is 0 Å². The average Bonchev–Trinajstić information content (AvgIpc) is 3.10. The molecule has 1 amide bonds. The summed E-state index contributed by atoms with van der Waals surface area (Å²) >= 11 is 0. The van der Waals surface area contributed by atoms with Crippen LogP contribution in [-0.4, -0.2) is 23.4 Å². The van der Waals surface area contributed by atoms with Crippen molar-refractivity contribution in [2.45, 2.75) is 26.8 Å². The lowest BCUT2D eigenvalue weighted by molar-refractivity contribution is -0.132. The minimum absolute atomic E-state index is 0.00832. The maximum Gasteiger partial charge on any atom is 0.300 e. The van der Waals surface area contributed by atoms with Gasteiger partial charge in [0.15, 0.2) is 11.6 Å². The first kappa shape index (κ1) is 24.1. The number of hydrogen-bond acceptors (Lipinski definition) is 4. The van der Waals surface area contributed by atoms with Crippen molar-refractivity contribution in [3.8, 4) is 5.75 Å². The van der Waals surface area contributed by atoms with Gasteiger partial charge in [-0.15, -0.1) is 0 Å². The standard InChI is InChI=1S/C28H25F2NO4/c1-16(2)15-35-21-10-7-18(8-11-21)26(32)24-25(19-6-4-5-17(3)13-19)31(28(34)27(24)33)20-9-12-22(29)23(30)14-20/h4-14,16,25,32H,15H2,1-3H3/b26-24+. The Morgan fingerprint density at radius 3 is 2.34 bits per heavy atom.